The number of hydrogen-bond donors (Lipinski definition) is 0. The van der Waals surface area contributed by atoms with Crippen molar-refractivity contribution in [2.45, 2.75) is 64.2 Å². The summed E-state index contributed by atoms with van der Waals surface area (Å²) in [5.41, 5.74) is -0.151. The lowest BCUT2D eigenvalue weighted by atomic mass is 9.62. The molecule has 5 heteroatoms. The highest BCUT2D eigenvalue weighted by Crippen LogP contribution is 2.49. The maximum atomic E-state index is 13.1. The summed E-state index contributed by atoms with van der Waals surface area (Å²) in [6.45, 7) is 5.23. The van der Waals surface area contributed by atoms with Crippen LogP contribution in [0, 0.1) is 11.3 Å². The van der Waals surface area contributed by atoms with Crippen LogP contribution in [-0.4, -0.2) is 57.0 Å². The van der Waals surface area contributed by atoms with Crippen molar-refractivity contribution in [1.82, 2.24) is 0 Å². The summed E-state index contributed by atoms with van der Waals surface area (Å²) < 4.78 is 12.3. The highest BCUT2D eigenvalue weighted by atomic mass is 127. The molecule has 0 unspecified atom stereocenters. The molecule has 25 heavy (non-hydrogen) atoms. The minimum Gasteiger partial charge on any atom is -1.00 e. The Morgan fingerprint density at radius 1 is 1.04 bits per heavy atom. The molecule has 0 radical (unpaired) electrons. The molecule has 1 aliphatic heterocycles. The lowest BCUT2D eigenvalue weighted by molar-refractivity contribution is -0.917. The van der Waals surface area contributed by atoms with Crippen molar-refractivity contribution in [3.8, 4) is 0 Å². The molecule has 4 nitrogen and oxygen atoms in total. The minimum atomic E-state index is -0.151. The van der Waals surface area contributed by atoms with Crippen LogP contribution in [0.2, 0.25) is 0 Å². The van der Waals surface area contributed by atoms with Gasteiger partial charge in [-0.15, -0.1) is 0 Å². The molecule has 2 saturated carbocycles. The molecular formula is C20H36INO3. The molecule has 2 aliphatic carbocycles. The zero-order chi connectivity index (χ0) is 16.9. The van der Waals surface area contributed by atoms with Gasteiger partial charge in [0.1, 0.15) is 26.2 Å². The van der Waals surface area contributed by atoms with Crippen LogP contribution in [0.15, 0.2) is 0 Å². The molecular weight excluding hydrogens is 429 g/mol. The Balaban J connectivity index is 0.00000225. The van der Waals surface area contributed by atoms with Gasteiger partial charge in [-0.05, 0) is 31.6 Å². The van der Waals surface area contributed by atoms with Gasteiger partial charge in [0, 0.05) is 0 Å². The molecule has 3 aliphatic rings. The second-order valence-electron chi connectivity index (χ2n) is 8.59. The predicted molar refractivity (Wildman–Crippen MR) is 94.7 cm³/mol. The normalized spacial score (nSPS) is 26.4. The number of quaternary nitrogens is 1. The average molecular weight is 465 g/mol. The summed E-state index contributed by atoms with van der Waals surface area (Å²) in [6.07, 6.45) is 12.3. The lowest BCUT2D eigenvalue weighted by Gasteiger charge is -2.43. The van der Waals surface area contributed by atoms with E-state index >= 15 is 0 Å². The largest absolute Gasteiger partial charge is 1.00 e. The molecule has 0 atom stereocenters. The maximum absolute atomic E-state index is 13.1. The van der Waals surface area contributed by atoms with E-state index in [9.17, 15) is 4.79 Å². The van der Waals surface area contributed by atoms with Crippen LogP contribution in [-0.2, 0) is 14.3 Å². The second-order valence-corrected chi connectivity index (χ2v) is 8.59. The third kappa shape index (κ3) is 5.32. The molecule has 3 fully saturated rings. The second kappa shape index (κ2) is 9.88. The van der Waals surface area contributed by atoms with Crippen LogP contribution in [0.4, 0.5) is 0 Å². The fourth-order valence-corrected chi connectivity index (χ4v) is 5.13. The van der Waals surface area contributed by atoms with Gasteiger partial charge < -0.3 is 37.9 Å². The number of nitrogens with zero attached hydrogens (tertiary/aromatic N) is 1. The first-order chi connectivity index (χ1) is 11.6. The molecule has 0 spiro atoms. The minimum absolute atomic E-state index is 0. The van der Waals surface area contributed by atoms with Gasteiger partial charge in [-0.1, -0.05) is 38.5 Å². The van der Waals surface area contributed by atoms with Crippen LogP contribution in [0.25, 0.3) is 0 Å². The van der Waals surface area contributed by atoms with Crippen LogP contribution < -0.4 is 24.0 Å². The van der Waals surface area contributed by atoms with Gasteiger partial charge in [0.25, 0.3) is 0 Å². The molecule has 0 aromatic rings. The van der Waals surface area contributed by atoms with Gasteiger partial charge in [-0.3, -0.25) is 4.79 Å². The van der Waals surface area contributed by atoms with E-state index in [1.807, 2.05) is 0 Å². The number of ether oxygens (including phenoxy) is 2. The topological polar surface area (TPSA) is 35.5 Å². The van der Waals surface area contributed by atoms with Gasteiger partial charge in [-0.2, -0.15) is 0 Å². The van der Waals surface area contributed by atoms with Crippen LogP contribution in [0.5, 0.6) is 0 Å². The van der Waals surface area contributed by atoms with Crippen LogP contribution >= 0.6 is 0 Å². The van der Waals surface area contributed by atoms with Gasteiger partial charge >= 0.3 is 5.97 Å². The standard InChI is InChI=1S/C20H36NO3.HI/c1-21(12-15-23-16-13-21)14-17-24-19(22)20(10-6-3-7-11-20)18-8-4-2-5-9-18;/h18H,2-17H2,1H3;1H/q+1;/p-1. The molecule has 0 aromatic carbocycles. The number of hydrogen-bond acceptors (Lipinski definition) is 3. The Morgan fingerprint density at radius 2 is 1.64 bits per heavy atom. The Bertz CT molecular complexity index is 411. The number of rotatable bonds is 5. The Morgan fingerprint density at radius 3 is 2.28 bits per heavy atom. The number of carbonyl (C=O) groups excluding carboxylic acids is 1. The summed E-state index contributed by atoms with van der Waals surface area (Å²) in [7, 11) is 2.26. The van der Waals surface area contributed by atoms with Crippen molar-refractivity contribution >= 4 is 5.97 Å². The van der Waals surface area contributed by atoms with Gasteiger partial charge in [0.2, 0.25) is 0 Å². The fourth-order valence-electron chi connectivity index (χ4n) is 5.13. The summed E-state index contributed by atoms with van der Waals surface area (Å²) in [4.78, 5) is 13.1. The molecule has 3 rings (SSSR count). The molecule has 0 aromatic heterocycles. The highest BCUT2D eigenvalue weighted by Gasteiger charge is 2.47. The first kappa shape index (κ1) is 21.4. The zero-order valence-corrected chi connectivity index (χ0v) is 18.1. The van der Waals surface area contributed by atoms with Gasteiger partial charge in [0.05, 0.1) is 25.7 Å². The van der Waals surface area contributed by atoms with Crippen molar-refractivity contribution < 1.29 is 42.7 Å². The molecule has 0 bridgehead atoms. The number of likely N-dealkylation sites (N-methyl/N-ethyl adjacent to an activating group) is 1. The predicted octanol–water partition coefficient (Wildman–Crippen LogP) is 0.541. The van der Waals surface area contributed by atoms with E-state index < -0.39 is 0 Å². The number of morpholine rings is 1. The number of carbonyl (C=O) groups is 1. The van der Waals surface area contributed by atoms with Crippen LogP contribution in [0.1, 0.15) is 64.2 Å². The smallest absolute Gasteiger partial charge is 0.312 e. The van der Waals surface area contributed by atoms with Gasteiger partial charge in [-0.25, -0.2) is 0 Å². The van der Waals surface area contributed by atoms with E-state index in [4.69, 9.17) is 9.47 Å². The quantitative estimate of drug-likeness (QED) is 0.338. The van der Waals surface area contributed by atoms with E-state index in [0.29, 0.717) is 12.5 Å². The molecule has 0 N–H and O–H groups in total. The van der Waals surface area contributed by atoms with Crippen molar-refractivity contribution in [1.29, 1.82) is 0 Å². The summed E-state index contributed by atoms with van der Waals surface area (Å²) in [6, 6.07) is 0. The van der Waals surface area contributed by atoms with Crippen molar-refractivity contribution in [2.24, 2.45) is 11.3 Å². The van der Waals surface area contributed by atoms with Crippen molar-refractivity contribution in [3.05, 3.63) is 0 Å². The Labute approximate surface area is 170 Å². The summed E-state index contributed by atoms with van der Waals surface area (Å²) in [5, 5.41) is 0. The Kier molecular flexibility index (Phi) is 8.47. The highest BCUT2D eigenvalue weighted by molar-refractivity contribution is 5.77. The van der Waals surface area contributed by atoms with Gasteiger partial charge in [0.15, 0.2) is 0 Å². The summed E-state index contributed by atoms with van der Waals surface area (Å²) in [5.74, 6) is 0.709. The first-order valence-corrected chi connectivity index (χ1v) is 10.2. The first-order valence-electron chi connectivity index (χ1n) is 10.2. The average Bonchev–Trinajstić information content (AvgIpc) is 2.63. The van der Waals surface area contributed by atoms with E-state index in [1.54, 1.807) is 0 Å². The van der Waals surface area contributed by atoms with E-state index in [-0.39, 0.29) is 35.4 Å². The van der Waals surface area contributed by atoms with Crippen LogP contribution in [0.3, 0.4) is 0 Å². The van der Waals surface area contributed by atoms with E-state index in [1.165, 1.54) is 51.4 Å². The number of esters is 1. The Hall–Kier alpha value is 0.120. The van der Waals surface area contributed by atoms with Crippen molar-refractivity contribution in [2.75, 3.05) is 46.5 Å². The zero-order valence-electron chi connectivity index (χ0n) is 15.9. The third-order valence-corrected chi connectivity index (χ3v) is 6.95. The summed E-state index contributed by atoms with van der Waals surface area (Å²) >= 11 is 0. The SMILES string of the molecule is C[N+]1(CCOC(=O)C2(C3CCCCC3)CCCCC2)CCOCC1.[I-]. The lowest BCUT2D eigenvalue weighted by Crippen LogP contribution is -3.00. The number of halogens is 1. The van der Waals surface area contributed by atoms with E-state index in [0.717, 1.165) is 50.2 Å². The van der Waals surface area contributed by atoms with Crippen molar-refractivity contribution in [3.63, 3.8) is 0 Å². The fraction of sp³-hybridized carbons (Fsp3) is 0.950. The molecule has 1 saturated heterocycles. The monoisotopic (exact) mass is 465 g/mol. The maximum Gasteiger partial charge on any atom is 0.312 e. The molecule has 1 heterocycles. The molecule has 146 valence electrons. The van der Waals surface area contributed by atoms with E-state index in [2.05, 4.69) is 7.05 Å². The third-order valence-electron chi connectivity index (χ3n) is 6.95. The molecule has 0 amide bonds.